The van der Waals surface area contributed by atoms with E-state index in [2.05, 4.69) is 27.2 Å². The summed E-state index contributed by atoms with van der Waals surface area (Å²) in [4.78, 5) is 2.32. The average molecular weight is 260 g/mol. The van der Waals surface area contributed by atoms with Crippen LogP contribution in [-0.4, -0.2) is 29.3 Å². The quantitative estimate of drug-likeness (QED) is 0.907. The Morgan fingerprint density at radius 2 is 1.89 bits per heavy atom. The van der Waals surface area contributed by atoms with Crippen LogP contribution in [0.5, 0.6) is 0 Å². The van der Waals surface area contributed by atoms with Crippen LogP contribution in [0.4, 0.5) is 5.82 Å². The minimum atomic E-state index is 0.454. The number of hydrogen-bond acceptors (Lipinski definition) is 4. The fraction of sp³-hybridized carbons (Fsp3) is 0.733. The highest BCUT2D eigenvalue weighted by Crippen LogP contribution is 2.32. The van der Waals surface area contributed by atoms with Gasteiger partial charge in [0, 0.05) is 25.0 Å². The zero-order valence-electron chi connectivity index (χ0n) is 11.6. The van der Waals surface area contributed by atoms with Crippen molar-refractivity contribution in [3.63, 3.8) is 0 Å². The lowest BCUT2D eigenvalue weighted by Gasteiger charge is -2.25. The van der Waals surface area contributed by atoms with Gasteiger partial charge in [0.15, 0.2) is 5.82 Å². The molecular weight excluding hydrogens is 236 g/mol. The molecule has 1 aliphatic carbocycles. The highest BCUT2D eigenvalue weighted by molar-refractivity contribution is 5.40. The molecule has 19 heavy (non-hydrogen) atoms. The number of aromatic nitrogens is 2. The SMILES string of the molecule is NCC1CCCN1c1ccc(C2CCCCC2)nn1. The summed E-state index contributed by atoms with van der Waals surface area (Å²) in [7, 11) is 0. The zero-order chi connectivity index (χ0) is 13.1. The van der Waals surface area contributed by atoms with Gasteiger partial charge in [-0.25, -0.2) is 0 Å². The number of hydrogen-bond donors (Lipinski definition) is 1. The van der Waals surface area contributed by atoms with Crippen LogP contribution in [0, 0.1) is 0 Å². The molecule has 0 bridgehead atoms. The summed E-state index contributed by atoms with van der Waals surface area (Å²) in [5.74, 6) is 1.65. The van der Waals surface area contributed by atoms with Crippen LogP contribution >= 0.6 is 0 Å². The lowest BCUT2D eigenvalue weighted by Crippen LogP contribution is -2.36. The molecule has 1 saturated heterocycles. The number of anilines is 1. The van der Waals surface area contributed by atoms with Crippen molar-refractivity contribution in [2.24, 2.45) is 5.73 Å². The summed E-state index contributed by atoms with van der Waals surface area (Å²) in [6.07, 6.45) is 9.03. The first kappa shape index (κ1) is 12.9. The van der Waals surface area contributed by atoms with Crippen LogP contribution in [-0.2, 0) is 0 Å². The molecule has 1 aromatic rings. The van der Waals surface area contributed by atoms with E-state index in [1.807, 2.05) is 0 Å². The Balaban J connectivity index is 1.71. The second-order valence-corrected chi connectivity index (χ2v) is 5.88. The molecule has 104 valence electrons. The Labute approximate surface area is 115 Å². The first-order valence-electron chi connectivity index (χ1n) is 7.69. The standard InChI is InChI=1S/C15H24N4/c16-11-13-7-4-10-19(13)15-9-8-14(17-18-15)12-5-2-1-3-6-12/h8-9,12-13H,1-7,10-11,16H2. The molecule has 2 N–H and O–H groups in total. The molecule has 4 heteroatoms. The summed E-state index contributed by atoms with van der Waals surface area (Å²) in [5.41, 5.74) is 7.01. The Bertz CT molecular complexity index is 397. The van der Waals surface area contributed by atoms with Gasteiger partial charge in [-0.05, 0) is 37.8 Å². The maximum Gasteiger partial charge on any atom is 0.151 e. The average Bonchev–Trinajstić information content (AvgIpc) is 2.97. The molecule has 1 atom stereocenters. The van der Waals surface area contributed by atoms with Crippen molar-refractivity contribution in [2.45, 2.75) is 56.9 Å². The van der Waals surface area contributed by atoms with Crippen LogP contribution in [0.25, 0.3) is 0 Å². The van der Waals surface area contributed by atoms with Crippen molar-refractivity contribution in [3.05, 3.63) is 17.8 Å². The van der Waals surface area contributed by atoms with Gasteiger partial charge in [0.1, 0.15) is 0 Å². The summed E-state index contributed by atoms with van der Waals surface area (Å²) < 4.78 is 0. The maximum atomic E-state index is 5.82. The van der Waals surface area contributed by atoms with Crippen molar-refractivity contribution < 1.29 is 0 Å². The smallest absolute Gasteiger partial charge is 0.151 e. The molecule has 0 radical (unpaired) electrons. The van der Waals surface area contributed by atoms with Crippen LogP contribution in [0.3, 0.4) is 0 Å². The van der Waals surface area contributed by atoms with Crippen molar-refractivity contribution in [1.82, 2.24) is 10.2 Å². The van der Waals surface area contributed by atoms with Crippen LogP contribution in [0.2, 0.25) is 0 Å². The van der Waals surface area contributed by atoms with Gasteiger partial charge in [-0.3, -0.25) is 0 Å². The Hall–Kier alpha value is -1.16. The van der Waals surface area contributed by atoms with E-state index in [9.17, 15) is 0 Å². The predicted molar refractivity (Wildman–Crippen MR) is 77.3 cm³/mol. The summed E-state index contributed by atoms with van der Waals surface area (Å²) in [5, 5.41) is 8.94. The van der Waals surface area contributed by atoms with Crippen molar-refractivity contribution in [2.75, 3.05) is 18.0 Å². The van der Waals surface area contributed by atoms with Crippen LogP contribution < -0.4 is 10.6 Å². The second-order valence-electron chi connectivity index (χ2n) is 5.88. The number of rotatable bonds is 3. The van der Waals surface area contributed by atoms with Gasteiger partial charge in [-0.1, -0.05) is 19.3 Å². The molecule has 4 nitrogen and oxygen atoms in total. The van der Waals surface area contributed by atoms with Gasteiger partial charge in [0.25, 0.3) is 0 Å². The van der Waals surface area contributed by atoms with Gasteiger partial charge < -0.3 is 10.6 Å². The monoisotopic (exact) mass is 260 g/mol. The van der Waals surface area contributed by atoms with Crippen molar-refractivity contribution in [1.29, 1.82) is 0 Å². The Morgan fingerprint density at radius 1 is 1.05 bits per heavy atom. The van der Waals surface area contributed by atoms with Crippen molar-refractivity contribution in [3.8, 4) is 0 Å². The molecule has 2 heterocycles. The van der Waals surface area contributed by atoms with Crippen LogP contribution in [0.1, 0.15) is 56.6 Å². The van der Waals surface area contributed by atoms with E-state index in [1.54, 1.807) is 0 Å². The van der Waals surface area contributed by atoms with Crippen molar-refractivity contribution >= 4 is 5.82 Å². The predicted octanol–water partition coefficient (Wildman–Crippen LogP) is 2.45. The number of nitrogens with two attached hydrogens (primary N) is 1. The summed E-state index contributed by atoms with van der Waals surface area (Å²) >= 11 is 0. The minimum absolute atomic E-state index is 0.454. The van der Waals surface area contributed by atoms with E-state index in [-0.39, 0.29) is 0 Å². The molecule has 0 spiro atoms. The van der Waals surface area contributed by atoms with Gasteiger partial charge in [0.2, 0.25) is 0 Å². The first-order chi connectivity index (χ1) is 9.38. The van der Waals surface area contributed by atoms with E-state index in [1.165, 1.54) is 50.6 Å². The molecule has 1 aromatic heterocycles. The molecule has 3 rings (SSSR count). The van der Waals surface area contributed by atoms with E-state index in [4.69, 9.17) is 5.73 Å². The van der Waals surface area contributed by atoms with E-state index in [0.29, 0.717) is 18.5 Å². The highest BCUT2D eigenvalue weighted by atomic mass is 15.3. The number of nitrogens with zero attached hydrogens (tertiary/aromatic N) is 3. The van der Waals surface area contributed by atoms with E-state index in [0.717, 1.165) is 12.4 Å². The molecule has 1 saturated carbocycles. The molecule has 2 fully saturated rings. The third kappa shape index (κ3) is 2.73. The van der Waals surface area contributed by atoms with E-state index >= 15 is 0 Å². The minimum Gasteiger partial charge on any atom is -0.351 e. The first-order valence-corrected chi connectivity index (χ1v) is 7.69. The fourth-order valence-corrected chi connectivity index (χ4v) is 3.49. The third-order valence-electron chi connectivity index (χ3n) is 4.64. The lowest BCUT2D eigenvalue weighted by atomic mass is 9.87. The largest absolute Gasteiger partial charge is 0.351 e. The summed E-state index contributed by atoms with van der Waals surface area (Å²) in [6, 6.07) is 4.78. The molecule has 1 aliphatic heterocycles. The zero-order valence-corrected chi connectivity index (χ0v) is 11.6. The normalized spacial score (nSPS) is 24.9. The molecule has 0 aromatic carbocycles. The van der Waals surface area contributed by atoms with Gasteiger partial charge in [0.05, 0.1) is 5.69 Å². The molecule has 0 amide bonds. The molecule has 2 aliphatic rings. The second kappa shape index (κ2) is 5.87. The fourth-order valence-electron chi connectivity index (χ4n) is 3.49. The van der Waals surface area contributed by atoms with E-state index < -0.39 is 0 Å². The Morgan fingerprint density at radius 3 is 2.58 bits per heavy atom. The van der Waals surface area contributed by atoms with Crippen LogP contribution in [0.15, 0.2) is 12.1 Å². The topological polar surface area (TPSA) is 55.0 Å². The van der Waals surface area contributed by atoms with Gasteiger partial charge in [-0.2, -0.15) is 5.10 Å². The third-order valence-corrected chi connectivity index (χ3v) is 4.64. The lowest BCUT2D eigenvalue weighted by molar-refractivity contribution is 0.434. The maximum absolute atomic E-state index is 5.82. The van der Waals surface area contributed by atoms with Gasteiger partial charge >= 0.3 is 0 Å². The molecule has 1 unspecified atom stereocenters. The Kier molecular flexibility index (Phi) is 3.97. The summed E-state index contributed by atoms with van der Waals surface area (Å²) in [6.45, 7) is 1.78. The molecular formula is C15H24N4. The van der Waals surface area contributed by atoms with Gasteiger partial charge in [-0.15, -0.1) is 5.10 Å². The highest BCUT2D eigenvalue weighted by Gasteiger charge is 2.25.